The van der Waals surface area contributed by atoms with Crippen molar-refractivity contribution in [2.75, 3.05) is 5.32 Å². The Morgan fingerprint density at radius 3 is 2.83 bits per heavy atom. The van der Waals surface area contributed by atoms with Gasteiger partial charge in [-0.25, -0.2) is 4.98 Å². The van der Waals surface area contributed by atoms with E-state index in [9.17, 15) is 13.2 Å². The van der Waals surface area contributed by atoms with Gasteiger partial charge in [0.25, 0.3) is 5.78 Å². The fourth-order valence-electron chi connectivity index (χ4n) is 2.71. The number of hydrogen-bond donors (Lipinski definition) is 1. The van der Waals surface area contributed by atoms with Crippen molar-refractivity contribution >= 4 is 23.2 Å². The van der Waals surface area contributed by atoms with E-state index in [1.54, 1.807) is 6.07 Å². The summed E-state index contributed by atoms with van der Waals surface area (Å²) in [7, 11) is 0. The minimum Gasteiger partial charge on any atom is -0.366 e. The van der Waals surface area contributed by atoms with Gasteiger partial charge in [-0.2, -0.15) is 27.8 Å². The molecule has 124 valence electrons. The number of hydrogen-bond acceptors (Lipinski definition) is 4. The number of halogens is 4. The molecule has 5 nitrogen and oxygen atoms in total. The van der Waals surface area contributed by atoms with E-state index >= 15 is 0 Å². The first-order chi connectivity index (χ1) is 11.4. The highest BCUT2D eigenvalue weighted by atomic mass is 35.5. The summed E-state index contributed by atoms with van der Waals surface area (Å²) in [5.41, 5.74) is 0.0605. The molecule has 4 rings (SSSR count). The van der Waals surface area contributed by atoms with Crippen molar-refractivity contribution in [3.63, 3.8) is 0 Å². The third-order valence-corrected chi connectivity index (χ3v) is 4.18. The van der Waals surface area contributed by atoms with Gasteiger partial charge < -0.3 is 5.32 Å². The second-order valence-electron chi connectivity index (χ2n) is 5.64. The Morgan fingerprint density at radius 1 is 1.25 bits per heavy atom. The Balaban J connectivity index is 1.62. The Kier molecular flexibility index (Phi) is 3.38. The largest absolute Gasteiger partial charge is 0.433 e. The number of benzene rings is 1. The lowest BCUT2D eigenvalue weighted by molar-refractivity contribution is -0.141. The van der Waals surface area contributed by atoms with Gasteiger partial charge in [0.1, 0.15) is 12.1 Å². The average molecular weight is 354 g/mol. The van der Waals surface area contributed by atoms with Crippen molar-refractivity contribution in [2.24, 2.45) is 0 Å². The minimum atomic E-state index is -4.54. The summed E-state index contributed by atoms with van der Waals surface area (Å²) < 4.78 is 40.2. The smallest absolute Gasteiger partial charge is 0.366 e. The Labute approximate surface area is 139 Å². The van der Waals surface area contributed by atoms with E-state index in [1.807, 2.05) is 18.2 Å². The maximum atomic E-state index is 13.0. The molecule has 2 atom stereocenters. The second kappa shape index (κ2) is 5.34. The monoisotopic (exact) mass is 353 g/mol. The van der Waals surface area contributed by atoms with Crippen LogP contribution in [0.15, 0.2) is 36.7 Å². The standard InChI is InChI=1S/C15H11ClF3N5/c16-9-3-1-2-8(4-9)10-5-11(10)22-13-6-12(15(17,18)19)23-14-20-7-21-24(13)14/h1-4,6-7,10-11,22H,5H2. The molecule has 0 radical (unpaired) electrons. The van der Waals surface area contributed by atoms with Gasteiger partial charge in [0.05, 0.1) is 0 Å². The lowest BCUT2D eigenvalue weighted by Crippen LogP contribution is -2.14. The molecule has 0 aliphatic heterocycles. The number of nitrogens with one attached hydrogen (secondary N) is 1. The van der Waals surface area contributed by atoms with Gasteiger partial charge in [0.2, 0.25) is 0 Å². The number of rotatable bonds is 3. The van der Waals surface area contributed by atoms with Crippen molar-refractivity contribution in [1.82, 2.24) is 19.6 Å². The van der Waals surface area contributed by atoms with E-state index in [2.05, 4.69) is 20.4 Å². The number of aromatic nitrogens is 4. The summed E-state index contributed by atoms with van der Waals surface area (Å²) in [5.74, 6) is 0.330. The first-order valence-corrected chi connectivity index (χ1v) is 7.59. The summed E-state index contributed by atoms with van der Waals surface area (Å²) in [6.07, 6.45) is -2.56. The minimum absolute atomic E-state index is 0.0133. The van der Waals surface area contributed by atoms with E-state index in [-0.39, 0.29) is 23.6 Å². The normalized spacial score (nSPS) is 20.3. The molecule has 9 heteroatoms. The summed E-state index contributed by atoms with van der Waals surface area (Å²) in [4.78, 5) is 7.24. The van der Waals surface area contributed by atoms with Gasteiger partial charge >= 0.3 is 6.18 Å². The molecule has 2 aromatic heterocycles. The maximum absolute atomic E-state index is 13.0. The SMILES string of the molecule is FC(F)(F)c1cc(NC2CC2c2cccc(Cl)c2)n2ncnc2n1. The molecule has 1 N–H and O–H groups in total. The van der Waals surface area contributed by atoms with Gasteiger partial charge in [-0.3, -0.25) is 0 Å². The van der Waals surface area contributed by atoms with Crippen LogP contribution in [0.3, 0.4) is 0 Å². The highest BCUT2D eigenvalue weighted by molar-refractivity contribution is 6.30. The summed E-state index contributed by atoms with van der Waals surface area (Å²) >= 11 is 5.98. The third-order valence-electron chi connectivity index (χ3n) is 3.94. The molecule has 0 amide bonds. The highest BCUT2D eigenvalue weighted by Crippen LogP contribution is 2.43. The molecule has 0 bridgehead atoms. The predicted octanol–water partition coefficient (Wildman–Crippen LogP) is 3.76. The molecule has 3 aromatic rings. The van der Waals surface area contributed by atoms with Crippen molar-refractivity contribution in [3.8, 4) is 0 Å². The van der Waals surface area contributed by atoms with Crippen molar-refractivity contribution in [2.45, 2.75) is 24.6 Å². The van der Waals surface area contributed by atoms with Crippen molar-refractivity contribution in [3.05, 3.63) is 52.9 Å². The predicted molar refractivity (Wildman–Crippen MR) is 82.0 cm³/mol. The quantitative estimate of drug-likeness (QED) is 0.779. The van der Waals surface area contributed by atoms with Crippen LogP contribution in [0.4, 0.5) is 19.0 Å². The van der Waals surface area contributed by atoms with Gasteiger partial charge in [0.15, 0.2) is 5.69 Å². The van der Waals surface area contributed by atoms with Crippen LogP contribution in [0.2, 0.25) is 5.02 Å². The zero-order valence-electron chi connectivity index (χ0n) is 12.1. The van der Waals surface area contributed by atoms with Gasteiger partial charge in [-0.15, -0.1) is 0 Å². The molecule has 2 unspecified atom stereocenters. The van der Waals surface area contributed by atoms with Crippen LogP contribution in [-0.4, -0.2) is 25.6 Å². The van der Waals surface area contributed by atoms with E-state index in [1.165, 1.54) is 10.8 Å². The first kappa shape index (κ1) is 15.2. The van der Waals surface area contributed by atoms with Gasteiger partial charge in [-0.1, -0.05) is 23.7 Å². The zero-order chi connectivity index (χ0) is 16.9. The molecule has 1 saturated carbocycles. The summed E-state index contributed by atoms with van der Waals surface area (Å²) in [6.45, 7) is 0. The number of fused-ring (bicyclic) bond motifs is 1. The fourth-order valence-corrected chi connectivity index (χ4v) is 2.91. The van der Waals surface area contributed by atoms with Crippen molar-refractivity contribution < 1.29 is 13.2 Å². The van der Waals surface area contributed by atoms with E-state index in [0.717, 1.165) is 18.1 Å². The first-order valence-electron chi connectivity index (χ1n) is 7.22. The van der Waals surface area contributed by atoms with Crippen LogP contribution >= 0.6 is 11.6 Å². The Morgan fingerprint density at radius 2 is 2.08 bits per heavy atom. The second-order valence-corrected chi connectivity index (χ2v) is 6.08. The molecule has 1 aromatic carbocycles. The van der Waals surface area contributed by atoms with Gasteiger partial charge in [0, 0.05) is 23.0 Å². The van der Waals surface area contributed by atoms with Crippen LogP contribution in [0.25, 0.3) is 5.78 Å². The molecule has 0 spiro atoms. The van der Waals surface area contributed by atoms with Crippen LogP contribution in [0, 0.1) is 0 Å². The topological polar surface area (TPSA) is 55.1 Å². The molecule has 1 aliphatic carbocycles. The molecule has 24 heavy (non-hydrogen) atoms. The van der Waals surface area contributed by atoms with Crippen molar-refractivity contribution in [1.29, 1.82) is 0 Å². The molecule has 2 heterocycles. The summed E-state index contributed by atoms with van der Waals surface area (Å²) in [6, 6.07) is 8.43. The fraction of sp³-hybridized carbons (Fsp3) is 0.267. The molecule has 0 saturated heterocycles. The zero-order valence-corrected chi connectivity index (χ0v) is 12.9. The highest BCUT2D eigenvalue weighted by Gasteiger charge is 2.40. The lowest BCUT2D eigenvalue weighted by Gasteiger charge is -2.11. The number of nitrogens with zero attached hydrogens (tertiary/aromatic N) is 4. The average Bonchev–Trinajstić information content (AvgIpc) is 3.11. The lowest BCUT2D eigenvalue weighted by atomic mass is 10.1. The van der Waals surface area contributed by atoms with E-state index < -0.39 is 11.9 Å². The molecule has 1 aliphatic rings. The van der Waals surface area contributed by atoms with Crippen LogP contribution in [-0.2, 0) is 6.18 Å². The van der Waals surface area contributed by atoms with Gasteiger partial charge in [-0.05, 0) is 24.1 Å². The molecular weight excluding hydrogens is 343 g/mol. The van der Waals surface area contributed by atoms with E-state index in [0.29, 0.717) is 5.02 Å². The van der Waals surface area contributed by atoms with E-state index in [4.69, 9.17) is 11.6 Å². The third kappa shape index (κ3) is 2.77. The molecular formula is C15H11ClF3N5. The van der Waals surface area contributed by atoms with Crippen LogP contribution in [0.1, 0.15) is 23.6 Å². The maximum Gasteiger partial charge on any atom is 0.433 e. The number of anilines is 1. The van der Waals surface area contributed by atoms with Crippen LogP contribution < -0.4 is 5.32 Å². The molecule has 1 fully saturated rings. The van der Waals surface area contributed by atoms with Crippen LogP contribution in [0.5, 0.6) is 0 Å². The summed E-state index contributed by atoms with van der Waals surface area (Å²) in [5, 5.41) is 7.67. The number of alkyl halides is 3. The Hall–Kier alpha value is -2.35. The Bertz CT molecular complexity index is 908.